The van der Waals surface area contributed by atoms with Gasteiger partial charge in [0.05, 0.1) is 0 Å². The van der Waals surface area contributed by atoms with Gasteiger partial charge < -0.3 is 0 Å². The quantitative estimate of drug-likeness (QED) is 0.533. The highest BCUT2D eigenvalue weighted by Gasteiger charge is 2.16. The van der Waals surface area contributed by atoms with E-state index in [1.54, 1.807) is 18.2 Å². The van der Waals surface area contributed by atoms with E-state index in [9.17, 15) is 0 Å². The van der Waals surface area contributed by atoms with Crippen LogP contribution in [0.3, 0.4) is 0 Å². The lowest BCUT2D eigenvalue weighted by Gasteiger charge is -1.92. The number of nitriles is 2. The summed E-state index contributed by atoms with van der Waals surface area (Å²) in [6.07, 6.45) is 0. The minimum atomic E-state index is 0.302. The van der Waals surface area contributed by atoms with E-state index in [1.807, 2.05) is 12.1 Å². The molecule has 58 valence electrons. The summed E-state index contributed by atoms with van der Waals surface area (Å²) >= 11 is 0. The molecule has 0 saturated heterocycles. The third-order valence-electron chi connectivity index (χ3n) is 1.36. The molecular weight excluding hydrogens is 154 g/mol. The Morgan fingerprint density at radius 3 is 2.08 bits per heavy atom. The van der Waals surface area contributed by atoms with Crippen molar-refractivity contribution in [1.29, 1.82) is 10.5 Å². The second-order valence-corrected chi connectivity index (χ2v) is 2.00. The van der Waals surface area contributed by atoms with Gasteiger partial charge >= 0.3 is 11.4 Å². The number of pyridine rings is 1. The maximum atomic E-state index is 8.61. The van der Waals surface area contributed by atoms with Crippen molar-refractivity contribution in [1.82, 2.24) is 0 Å². The lowest BCUT2D eigenvalue weighted by molar-refractivity contribution is -0.888. The van der Waals surface area contributed by atoms with Gasteiger partial charge in [-0.2, -0.15) is 10.5 Å². The summed E-state index contributed by atoms with van der Waals surface area (Å²) in [7, 11) is 1.40. The van der Waals surface area contributed by atoms with Gasteiger partial charge in [0.2, 0.25) is 0 Å². The van der Waals surface area contributed by atoms with Gasteiger partial charge in [-0.1, -0.05) is 0 Å². The zero-order valence-electron chi connectivity index (χ0n) is 6.48. The van der Waals surface area contributed by atoms with Crippen molar-refractivity contribution in [2.75, 3.05) is 7.11 Å². The number of nitrogens with zero attached hydrogens (tertiary/aromatic N) is 3. The molecule has 4 nitrogen and oxygen atoms in total. The molecule has 1 aromatic rings. The molecule has 1 rings (SSSR count). The highest BCUT2D eigenvalue weighted by atomic mass is 16.6. The van der Waals surface area contributed by atoms with Gasteiger partial charge in [-0.15, -0.1) is 0 Å². The van der Waals surface area contributed by atoms with Gasteiger partial charge in [-0.3, -0.25) is 4.84 Å². The van der Waals surface area contributed by atoms with Crippen LogP contribution in [-0.4, -0.2) is 7.11 Å². The molecule has 0 aliphatic heterocycles. The van der Waals surface area contributed by atoms with E-state index < -0.39 is 0 Å². The number of rotatable bonds is 1. The SMILES string of the molecule is CO[n+]1c(C#N)cccc1C#N. The first kappa shape index (κ1) is 8.03. The van der Waals surface area contributed by atoms with Crippen molar-refractivity contribution in [2.24, 2.45) is 0 Å². The summed E-state index contributed by atoms with van der Waals surface area (Å²) in [5, 5.41) is 17.2. The minimum Gasteiger partial charge on any atom is -0.272 e. The van der Waals surface area contributed by atoms with Crippen LogP contribution in [0.2, 0.25) is 0 Å². The molecule has 12 heavy (non-hydrogen) atoms. The summed E-state index contributed by atoms with van der Waals surface area (Å²) in [5.41, 5.74) is 0.605. The molecular formula is C8H6N3O+. The van der Waals surface area contributed by atoms with E-state index in [-0.39, 0.29) is 0 Å². The van der Waals surface area contributed by atoms with Crippen molar-refractivity contribution >= 4 is 0 Å². The fraction of sp³-hybridized carbons (Fsp3) is 0.125. The molecule has 0 N–H and O–H groups in total. The van der Waals surface area contributed by atoms with E-state index in [2.05, 4.69) is 0 Å². The Balaban J connectivity index is 3.37. The van der Waals surface area contributed by atoms with Gasteiger partial charge in [0.25, 0.3) is 0 Å². The normalized spacial score (nSPS) is 8.25. The summed E-state index contributed by atoms with van der Waals surface area (Å²) in [6, 6.07) is 8.60. The third-order valence-corrected chi connectivity index (χ3v) is 1.36. The molecule has 0 radical (unpaired) electrons. The van der Waals surface area contributed by atoms with Crippen LogP contribution < -0.4 is 9.57 Å². The molecule has 1 aromatic heterocycles. The molecule has 4 heteroatoms. The standard InChI is InChI=1S/C8H6N3O/c1-12-11-7(5-9)3-2-4-8(11)6-10/h2-4H,1H3/q+1. The zero-order valence-corrected chi connectivity index (χ0v) is 6.48. The molecule has 0 bridgehead atoms. The molecule has 0 unspecified atom stereocenters. The molecule has 1 heterocycles. The Morgan fingerprint density at radius 2 is 1.75 bits per heavy atom. The van der Waals surface area contributed by atoms with Gasteiger partial charge in [-0.05, 0) is 6.07 Å². The smallest absolute Gasteiger partial charge is 0.272 e. The number of hydrogen-bond donors (Lipinski definition) is 0. The van der Waals surface area contributed by atoms with Crippen LogP contribution in [0.1, 0.15) is 11.4 Å². The molecule has 0 fully saturated rings. The second kappa shape index (κ2) is 3.36. The van der Waals surface area contributed by atoms with Crippen LogP contribution in [0, 0.1) is 22.7 Å². The van der Waals surface area contributed by atoms with Crippen molar-refractivity contribution in [3.63, 3.8) is 0 Å². The largest absolute Gasteiger partial charge is 0.335 e. The van der Waals surface area contributed by atoms with E-state index >= 15 is 0 Å². The fourth-order valence-corrected chi connectivity index (χ4v) is 0.858. The predicted octanol–water partition coefficient (Wildman–Crippen LogP) is -0.224. The summed E-state index contributed by atoms with van der Waals surface area (Å²) in [6.45, 7) is 0. The van der Waals surface area contributed by atoms with E-state index in [0.29, 0.717) is 11.4 Å². The predicted molar refractivity (Wildman–Crippen MR) is 38.6 cm³/mol. The monoisotopic (exact) mass is 160 g/mol. The summed E-state index contributed by atoms with van der Waals surface area (Å²) < 4.78 is 1.18. The van der Waals surface area contributed by atoms with Crippen LogP contribution >= 0.6 is 0 Å². The molecule has 0 atom stereocenters. The van der Waals surface area contributed by atoms with E-state index in [1.165, 1.54) is 11.8 Å². The average molecular weight is 160 g/mol. The van der Waals surface area contributed by atoms with Crippen molar-refractivity contribution in [2.45, 2.75) is 0 Å². The van der Waals surface area contributed by atoms with Gasteiger partial charge in [-0.25, -0.2) is 0 Å². The highest BCUT2D eigenvalue weighted by Crippen LogP contribution is 1.92. The summed E-state index contributed by atoms with van der Waals surface area (Å²) in [5.74, 6) is 0. The first-order chi connectivity index (χ1) is 5.83. The Labute approximate surface area is 69.8 Å². The minimum absolute atomic E-state index is 0.302. The summed E-state index contributed by atoms with van der Waals surface area (Å²) in [4.78, 5) is 4.83. The lowest BCUT2D eigenvalue weighted by atomic mass is 10.3. The van der Waals surface area contributed by atoms with Gasteiger partial charge in [0, 0.05) is 16.9 Å². The maximum absolute atomic E-state index is 8.61. The van der Waals surface area contributed by atoms with Gasteiger partial charge in [0.1, 0.15) is 7.11 Å². The Morgan fingerprint density at radius 1 is 1.25 bits per heavy atom. The Bertz CT molecular complexity index is 341. The Kier molecular flexibility index (Phi) is 2.25. The highest BCUT2D eigenvalue weighted by molar-refractivity contribution is 5.20. The lowest BCUT2D eigenvalue weighted by Crippen LogP contribution is -2.46. The van der Waals surface area contributed by atoms with Crippen molar-refractivity contribution < 1.29 is 9.57 Å². The first-order valence-corrected chi connectivity index (χ1v) is 3.23. The second-order valence-electron chi connectivity index (χ2n) is 2.00. The van der Waals surface area contributed by atoms with E-state index in [4.69, 9.17) is 15.4 Å². The molecule has 0 aliphatic carbocycles. The van der Waals surface area contributed by atoms with Crippen molar-refractivity contribution in [3.05, 3.63) is 29.6 Å². The van der Waals surface area contributed by atoms with Crippen LogP contribution in [0.25, 0.3) is 0 Å². The van der Waals surface area contributed by atoms with Gasteiger partial charge in [0.15, 0.2) is 12.1 Å². The number of hydrogen-bond acceptors (Lipinski definition) is 3. The third kappa shape index (κ3) is 1.18. The number of aromatic nitrogens is 1. The molecule has 0 aromatic carbocycles. The van der Waals surface area contributed by atoms with E-state index in [0.717, 1.165) is 0 Å². The van der Waals surface area contributed by atoms with Crippen LogP contribution in [-0.2, 0) is 0 Å². The maximum Gasteiger partial charge on any atom is 0.335 e. The first-order valence-electron chi connectivity index (χ1n) is 3.23. The van der Waals surface area contributed by atoms with Crippen molar-refractivity contribution in [3.8, 4) is 12.1 Å². The zero-order chi connectivity index (χ0) is 8.97. The van der Waals surface area contributed by atoms with Crippen LogP contribution in [0.15, 0.2) is 18.2 Å². The average Bonchev–Trinajstić information content (AvgIpc) is 2.16. The molecule has 0 amide bonds. The fourth-order valence-electron chi connectivity index (χ4n) is 0.858. The topological polar surface area (TPSA) is 60.7 Å². The van der Waals surface area contributed by atoms with Crippen LogP contribution in [0.4, 0.5) is 0 Å². The molecule has 0 saturated carbocycles. The Hall–Kier alpha value is -2.07. The molecule has 0 aliphatic rings. The van der Waals surface area contributed by atoms with Crippen LogP contribution in [0.5, 0.6) is 0 Å². The molecule has 0 spiro atoms.